The number of ether oxygens (including phenoxy) is 1. The first kappa shape index (κ1) is 12.1. The van der Waals surface area contributed by atoms with Crippen molar-refractivity contribution in [3.8, 4) is 0 Å². The van der Waals surface area contributed by atoms with Crippen molar-refractivity contribution < 1.29 is 19.4 Å². The molecular weight excluding hydrogens is 198 g/mol. The van der Waals surface area contributed by atoms with Crippen molar-refractivity contribution in [3.63, 3.8) is 0 Å². The molecule has 0 saturated carbocycles. The van der Waals surface area contributed by atoms with Crippen molar-refractivity contribution in [1.82, 2.24) is 4.90 Å². The average molecular weight is 215 g/mol. The predicted octanol–water partition coefficient (Wildman–Crippen LogP) is -0.221. The lowest BCUT2D eigenvalue weighted by Crippen LogP contribution is -2.40. The van der Waals surface area contributed by atoms with Gasteiger partial charge in [0.2, 0.25) is 11.8 Å². The van der Waals surface area contributed by atoms with Crippen LogP contribution in [0.25, 0.3) is 0 Å². The smallest absolute Gasteiger partial charge is 0.235 e. The Morgan fingerprint density at radius 2 is 2.13 bits per heavy atom. The van der Waals surface area contributed by atoms with Crippen LogP contribution in [0.1, 0.15) is 20.3 Å². The molecule has 2 amide bonds. The highest BCUT2D eigenvalue weighted by Crippen LogP contribution is 2.31. The Hall–Kier alpha value is -0.940. The standard InChI is InChI=1S/C10H17NO4/c1-10(2)4-8(13)11(9(10)14)5-7(12)6-15-3/h7,12H,4-6H2,1-3H3. The number of imide groups is 1. The van der Waals surface area contributed by atoms with Crippen LogP contribution in [0.15, 0.2) is 0 Å². The van der Waals surface area contributed by atoms with Crippen LogP contribution in [0, 0.1) is 5.41 Å². The molecule has 1 aliphatic heterocycles. The second-order valence-electron chi connectivity index (χ2n) is 4.48. The van der Waals surface area contributed by atoms with Gasteiger partial charge in [0.1, 0.15) is 0 Å². The molecule has 86 valence electrons. The fourth-order valence-electron chi connectivity index (χ4n) is 1.67. The van der Waals surface area contributed by atoms with E-state index in [1.165, 1.54) is 7.11 Å². The third-order valence-corrected chi connectivity index (χ3v) is 2.47. The summed E-state index contributed by atoms with van der Waals surface area (Å²) < 4.78 is 4.74. The topological polar surface area (TPSA) is 66.8 Å². The first-order valence-corrected chi connectivity index (χ1v) is 4.90. The van der Waals surface area contributed by atoms with Gasteiger partial charge in [-0.2, -0.15) is 0 Å². The van der Waals surface area contributed by atoms with Gasteiger partial charge in [0, 0.05) is 13.5 Å². The van der Waals surface area contributed by atoms with Crippen molar-refractivity contribution in [2.75, 3.05) is 20.3 Å². The van der Waals surface area contributed by atoms with Gasteiger partial charge in [-0.25, -0.2) is 0 Å². The number of nitrogens with zero attached hydrogens (tertiary/aromatic N) is 1. The lowest BCUT2D eigenvalue weighted by Gasteiger charge is -2.20. The maximum absolute atomic E-state index is 11.7. The van der Waals surface area contributed by atoms with E-state index in [2.05, 4.69) is 0 Å². The van der Waals surface area contributed by atoms with Crippen molar-refractivity contribution in [1.29, 1.82) is 0 Å². The molecule has 0 aliphatic carbocycles. The first-order valence-electron chi connectivity index (χ1n) is 4.90. The molecule has 1 unspecified atom stereocenters. The normalized spacial score (nSPS) is 22.3. The number of aliphatic hydroxyl groups excluding tert-OH is 1. The van der Waals surface area contributed by atoms with Gasteiger partial charge in [-0.1, -0.05) is 13.8 Å². The van der Waals surface area contributed by atoms with Crippen LogP contribution >= 0.6 is 0 Å². The molecule has 0 bridgehead atoms. The van der Waals surface area contributed by atoms with E-state index >= 15 is 0 Å². The number of β-amino-alcohol motifs (C(OH)–C–C–N with tert-alkyl or cyclic N) is 1. The van der Waals surface area contributed by atoms with Gasteiger partial charge in [-0.3, -0.25) is 14.5 Å². The highest BCUT2D eigenvalue weighted by Gasteiger charge is 2.45. The number of amides is 2. The number of aliphatic hydroxyl groups is 1. The van der Waals surface area contributed by atoms with Crippen LogP contribution in [-0.4, -0.2) is 48.2 Å². The maximum atomic E-state index is 11.7. The van der Waals surface area contributed by atoms with E-state index in [-0.39, 0.29) is 31.4 Å². The number of rotatable bonds is 4. The number of carbonyl (C=O) groups is 2. The summed E-state index contributed by atoms with van der Waals surface area (Å²) in [7, 11) is 1.46. The summed E-state index contributed by atoms with van der Waals surface area (Å²) in [6.07, 6.45) is -0.595. The SMILES string of the molecule is COCC(O)CN1C(=O)CC(C)(C)C1=O. The molecule has 1 fully saturated rings. The van der Waals surface area contributed by atoms with Crippen LogP contribution < -0.4 is 0 Å². The van der Waals surface area contributed by atoms with Crippen LogP contribution in [0.2, 0.25) is 0 Å². The largest absolute Gasteiger partial charge is 0.389 e. The van der Waals surface area contributed by atoms with E-state index in [0.717, 1.165) is 4.90 Å². The molecule has 0 aromatic rings. The quantitative estimate of drug-likeness (QED) is 0.658. The lowest BCUT2D eigenvalue weighted by atomic mass is 9.92. The lowest BCUT2D eigenvalue weighted by molar-refractivity contribution is -0.142. The number of hydrogen-bond donors (Lipinski definition) is 1. The summed E-state index contributed by atoms with van der Waals surface area (Å²) in [6.45, 7) is 3.61. The Labute approximate surface area is 89.0 Å². The third kappa shape index (κ3) is 2.54. The van der Waals surface area contributed by atoms with Crippen molar-refractivity contribution in [2.24, 2.45) is 5.41 Å². The summed E-state index contributed by atoms with van der Waals surface area (Å²) >= 11 is 0. The summed E-state index contributed by atoms with van der Waals surface area (Å²) in [5, 5.41) is 9.44. The van der Waals surface area contributed by atoms with E-state index in [9.17, 15) is 14.7 Å². The third-order valence-electron chi connectivity index (χ3n) is 2.47. The zero-order chi connectivity index (χ0) is 11.6. The second-order valence-corrected chi connectivity index (χ2v) is 4.48. The molecular formula is C10H17NO4. The number of likely N-dealkylation sites (tertiary alicyclic amines) is 1. The van der Waals surface area contributed by atoms with Crippen LogP contribution in [0.4, 0.5) is 0 Å². The number of hydrogen-bond acceptors (Lipinski definition) is 4. The fourth-order valence-corrected chi connectivity index (χ4v) is 1.67. The highest BCUT2D eigenvalue weighted by atomic mass is 16.5. The van der Waals surface area contributed by atoms with E-state index in [1.54, 1.807) is 13.8 Å². The molecule has 0 aromatic carbocycles. The second kappa shape index (κ2) is 4.28. The van der Waals surface area contributed by atoms with Crippen molar-refractivity contribution >= 4 is 11.8 Å². The summed E-state index contributed by atoms with van der Waals surface area (Å²) in [6, 6.07) is 0. The predicted molar refractivity (Wildman–Crippen MR) is 53.0 cm³/mol. The Morgan fingerprint density at radius 1 is 1.53 bits per heavy atom. The maximum Gasteiger partial charge on any atom is 0.235 e. The average Bonchev–Trinajstić information content (AvgIpc) is 2.28. The molecule has 1 aliphatic rings. The minimum atomic E-state index is -0.809. The van der Waals surface area contributed by atoms with Gasteiger partial charge in [0.05, 0.1) is 24.7 Å². The van der Waals surface area contributed by atoms with Crippen LogP contribution in [0.5, 0.6) is 0 Å². The molecule has 0 spiro atoms. The molecule has 1 heterocycles. The molecule has 1 N–H and O–H groups in total. The number of carbonyl (C=O) groups excluding carboxylic acids is 2. The van der Waals surface area contributed by atoms with Crippen LogP contribution in [-0.2, 0) is 14.3 Å². The van der Waals surface area contributed by atoms with Crippen molar-refractivity contribution in [2.45, 2.75) is 26.4 Å². The van der Waals surface area contributed by atoms with E-state index in [4.69, 9.17) is 4.74 Å². The Balaban J connectivity index is 2.63. The van der Waals surface area contributed by atoms with Crippen LogP contribution in [0.3, 0.4) is 0 Å². The molecule has 1 saturated heterocycles. The molecule has 15 heavy (non-hydrogen) atoms. The zero-order valence-corrected chi connectivity index (χ0v) is 9.32. The highest BCUT2D eigenvalue weighted by molar-refractivity contribution is 6.05. The summed E-state index contributed by atoms with van der Waals surface area (Å²) in [5.41, 5.74) is -0.635. The van der Waals surface area contributed by atoms with Gasteiger partial charge in [0.25, 0.3) is 0 Å². The van der Waals surface area contributed by atoms with Gasteiger partial charge < -0.3 is 9.84 Å². The minimum Gasteiger partial charge on any atom is -0.389 e. The first-order chi connectivity index (χ1) is 6.88. The fraction of sp³-hybridized carbons (Fsp3) is 0.800. The molecule has 0 radical (unpaired) electrons. The molecule has 0 aromatic heterocycles. The summed E-state index contributed by atoms with van der Waals surface area (Å²) in [5.74, 6) is -0.442. The number of methoxy groups -OCH3 is 1. The van der Waals surface area contributed by atoms with Gasteiger partial charge in [0.15, 0.2) is 0 Å². The Morgan fingerprint density at radius 3 is 2.53 bits per heavy atom. The molecule has 1 rings (SSSR count). The Bertz CT molecular complexity index is 275. The van der Waals surface area contributed by atoms with Gasteiger partial charge in [-0.05, 0) is 0 Å². The summed E-state index contributed by atoms with van der Waals surface area (Å²) in [4.78, 5) is 24.3. The zero-order valence-electron chi connectivity index (χ0n) is 9.32. The van der Waals surface area contributed by atoms with Gasteiger partial charge in [-0.15, -0.1) is 0 Å². The monoisotopic (exact) mass is 215 g/mol. The van der Waals surface area contributed by atoms with E-state index in [1.807, 2.05) is 0 Å². The van der Waals surface area contributed by atoms with Crippen molar-refractivity contribution in [3.05, 3.63) is 0 Å². The molecule has 1 atom stereocenters. The minimum absolute atomic E-state index is 0.0228. The molecule has 5 nitrogen and oxygen atoms in total. The Kier molecular flexibility index (Phi) is 3.46. The molecule has 5 heteroatoms. The van der Waals surface area contributed by atoms with E-state index in [0.29, 0.717) is 0 Å². The van der Waals surface area contributed by atoms with Gasteiger partial charge >= 0.3 is 0 Å². The van der Waals surface area contributed by atoms with E-state index < -0.39 is 11.5 Å².